The van der Waals surface area contributed by atoms with Gasteiger partial charge in [0.15, 0.2) is 0 Å². The molecule has 2 aromatic rings. The van der Waals surface area contributed by atoms with Crippen LogP contribution in [0.3, 0.4) is 0 Å². The number of benzene rings is 1. The molecule has 0 bridgehead atoms. The average molecular weight is 275 g/mol. The fourth-order valence-corrected chi connectivity index (χ4v) is 2.23. The Labute approximate surface area is 116 Å². The molecular weight excluding hydrogens is 261 g/mol. The Bertz CT molecular complexity index is 510. The molecule has 0 fully saturated rings. The maximum Gasteiger partial charge on any atom is 0.488 e. The smallest absolute Gasteiger partial charge is 0.488 e. The van der Waals surface area contributed by atoms with E-state index in [1.807, 2.05) is 12.1 Å². The molecule has 6 heteroatoms. The van der Waals surface area contributed by atoms with E-state index in [0.717, 1.165) is 10.6 Å². The lowest BCUT2D eigenvalue weighted by atomic mass is 9.80. The molecule has 0 aliphatic carbocycles. The Morgan fingerprint density at radius 3 is 2.68 bits per heavy atom. The molecule has 2 rings (SSSR count). The van der Waals surface area contributed by atoms with Gasteiger partial charge in [-0.1, -0.05) is 12.1 Å². The first-order valence-corrected chi connectivity index (χ1v) is 6.86. The fraction of sp³-hybridized carbons (Fsp3) is 0.154. The van der Waals surface area contributed by atoms with Crippen molar-refractivity contribution in [1.82, 2.24) is 4.98 Å². The van der Waals surface area contributed by atoms with E-state index in [-0.39, 0.29) is 0 Å². The molecule has 98 valence electrons. The molecular formula is C13H14BNO3S. The van der Waals surface area contributed by atoms with Crippen LogP contribution >= 0.6 is 11.8 Å². The van der Waals surface area contributed by atoms with Crippen molar-refractivity contribution < 1.29 is 14.8 Å². The summed E-state index contributed by atoms with van der Waals surface area (Å²) in [6, 6.07) is 10.7. The number of rotatable bonds is 6. The van der Waals surface area contributed by atoms with E-state index >= 15 is 0 Å². The Hall–Kier alpha value is -1.50. The molecule has 4 nitrogen and oxygen atoms in total. The van der Waals surface area contributed by atoms with Crippen molar-refractivity contribution >= 4 is 24.3 Å². The van der Waals surface area contributed by atoms with Crippen molar-refractivity contribution in [3.8, 4) is 5.75 Å². The van der Waals surface area contributed by atoms with Crippen LogP contribution in [0.15, 0.2) is 53.7 Å². The molecule has 0 saturated carbocycles. The summed E-state index contributed by atoms with van der Waals surface area (Å²) in [5.74, 6) is 1.46. The average Bonchev–Trinajstić information content (AvgIpc) is 2.45. The van der Waals surface area contributed by atoms with Gasteiger partial charge in [-0.25, -0.2) is 0 Å². The quantitative estimate of drug-likeness (QED) is 0.466. The zero-order valence-electron chi connectivity index (χ0n) is 10.3. The van der Waals surface area contributed by atoms with E-state index in [1.165, 1.54) is 0 Å². The van der Waals surface area contributed by atoms with Crippen LogP contribution in [-0.4, -0.2) is 34.5 Å². The second-order valence-electron chi connectivity index (χ2n) is 3.83. The minimum Gasteiger partial charge on any atom is -0.493 e. The summed E-state index contributed by atoms with van der Waals surface area (Å²) >= 11 is 1.69. The summed E-state index contributed by atoms with van der Waals surface area (Å²) < 4.78 is 5.56. The van der Waals surface area contributed by atoms with Gasteiger partial charge in [0.2, 0.25) is 0 Å². The number of pyridine rings is 1. The van der Waals surface area contributed by atoms with Crippen LogP contribution in [0.2, 0.25) is 0 Å². The normalized spacial score (nSPS) is 10.2. The van der Waals surface area contributed by atoms with Crippen molar-refractivity contribution in [2.75, 3.05) is 12.4 Å². The van der Waals surface area contributed by atoms with Crippen LogP contribution in [0, 0.1) is 0 Å². The van der Waals surface area contributed by atoms with Crippen LogP contribution in [0.5, 0.6) is 5.75 Å². The summed E-state index contributed by atoms with van der Waals surface area (Å²) in [5.41, 5.74) is 0.430. The molecule has 0 radical (unpaired) electrons. The largest absolute Gasteiger partial charge is 0.493 e. The van der Waals surface area contributed by atoms with Gasteiger partial charge in [0.05, 0.1) is 6.61 Å². The zero-order chi connectivity index (χ0) is 13.5. The first kappa shape index (κ1) is 13.9. The highest BCUT2D eigenvalue weighted by atomic mass is 32.2. The van der Waals surface area contributed by atoms with E-state index in [0.29, 0.717) is 17.8 Å². The molecule has 1 aromatic heterocycles. The van der Waals surface area contributed by atoms with Crippen LogP contribution in [0.25, 0.3) is 0 Å². The molecule has 2 N–H and O–H groups in total. The van der Waals surface area contributed by atoms with Gasteiger partial charge in [0.1, 0.15) is 5.75 Å². The summed E-state index contributed by atoms with van der Waals surface area (Å²) in [4.78, 5) is 5.11. The second kappa shape index (κ2) is 7.18. The lowest BCUT2D eigenvalue weighted by molar-refractivity contribution is 0.344. The first-order chi connectivity index (χ1) is 9.25. The predicted molar refractivity (Wildman–Crippen MR) is 76.7 cm³/mol. The molecule has 0 saturated heterocycles. The highest BCUT2D eigenvalue weighted by Gasteiger charge is 2.10. The van der Waals surface area contributed by atoms with E-state index in [4.69, 9.17) is 14.8 Å². The number of aromatic nitrogens is 1. The number of nitrogens with zero attached hydrogens (tertiary/aromatic N) is 1. The topological polar surface area (TPSA) is 62.6 Å². The molecule has 1 heterocycles. The van der Waals surface area contributed by atoms with Gasteiger partial charge in [-0.2, -0.15) is 0 Å². The van der Waals surface area contributed by atoms with E-state index in [9.17, 15) is 0 Å². The molecule has 0 unspecified atom stereocenters. The van der Waals surface area contributed by atoms with Crippen LogP contribution in [-0.2, 0) is 0 Å². The summed E-state index contributed by atoms with van der Waals surface area (Å²) in [7, 11) is -1.46. The molecule has 1 aromatic carbocycles. The van der Waals surface area contributed by atoms with Crippen LogP contribution in [0.1, 0.15) is 0 Å². The lowest BCUT2D eigenvalue weighted by Gasteiger charge is -2.07. The Morgan fingerprint density at radius 2 is 1.95 bits per heavy atom. The van der Waals surface area contributed by atoms with Crippen molar-refractivity contribution in [2.24, 2.45) is 0 Å². The van der Waals surface area contributed by atoms with E-state index in [1.54, 1.807) is 48.4 Å². The standard InChI is InChI=1S/C13H14BNO3S/c16-14(17)11-2-1-3-12(10-11)18-8-9-19-13-4-6-15-7-5-13/h1-7,10,16-17H,8-9H2. The molecule has 0 atom stereocenters. The summed E-state index contributed by atoms with van der Waals surface area (Å²) in [6.07, 6.45) is 3.52. The maximum absolute atomic E-state index is 9.06. The lowest BCUT2D eigenvalue weighted by Crippen LogP contribution is -2.29. The van der Waals surface area contributed by atoms with Crippen molar-refractivity contribution in [1.29, 1.82) is 0 Å². The second-order valence-corrected chi connectivity index (χ2v) is 4.99. The Morgan fingerprint density at radius 1 is 1.16 bits per heavy atom. The molecule has 0 aliphatic heterocycles. The van der Waals surface area contributed by atoms with Gasteiger partial charge >= 0.3 is 7.12 Å². The van der Waals surface area contributed by atoms with Gasteiger partial charge in [-0.15, -0.1) is 11.8 Å². The van der Waals surface area contributed by atoms with Crippen LogP contribution < -0.4 is 10.2 Å². The molecule has 0 spiro atoms. The van der Waals surface area contributed by atoms with Gasteiger partial charge in [0, 0.05) is 23.0 Å². The third-order valence-corrected chi connectivity index (χ3v) is 3.40. The minimum atomic E-state index is -1.46. The van der Waals surface area contributed by atoms with Gasteiger partial charge in [-0.05, 0) is 29.7 Å². The fourth-order valence-electron chi connectivity index (χ4n) is 1.52. The summed E-state index contributed by atoms with van der Waals surface area (Å²) in [6.45, 7) is 0.554. The highest BCUT2D eigenvalue weighted by Crippen LogP contribution is 2.16. The monoisotopic (exact) mass is 275 g/mol. The maximum atomic E-state index is 9.06. The predicted octanol–water partition coefficient (Wildman–Crippen LogP) is 0.932. The van der Waals surface area contributed by atoms with Crippen molar-refractivity contribution in [2.45, 2.75) is 4.90 Å². The molecule has 0 amide bonds. The summed E-state index contributed by atoms with van der Waals surface area (Å²) in [5, 5.41) is 18.1. The number of ether oxygens (including phenoxy) is 1. The number of hydrogen-bond acceptors (Lipinski definition) is 5. The Balaban J connectivity index is 1.78. The van der Waals surface area contributed by atoms with Crippen molar-refractivity contribution in [3.05, 3.63) is 48.8 Å². The first-order valence-electron chi connectivity index (χ1n) is 5.87. The Kier molecular flexibility index (Phi) is 5.26. The zero-order valence-corrected chi connectivity index (χ0v) is 11.1. The highest BCUT2D eigenvalue weighted by molar-refractivity contribution is 7.99. The number of thioether (sulfide) groups is 1. The third-order valence-electron chi connectivity index (χ3n) is 2.43. The number of hydrogen-bond donors (Lipinski definition) is 2. The van der Waals surface area contributed by atoms with Crippen LogP contribution in [0.4, 0.5) is 0 Å². The SMILES string of the molecule is OB(O)c1cccc(OCCSc2ccncc2)c1. The molecule has 0 aliphatic rings. The molecule has 19 heavy (non-hydrogen) atoms. The van der Waals surface area contributed by atoms with Crippen molar-refractivity contribution in [3.63, 3.8) is 0 Å². The third kappa shape index (κ3) is 4.59. The minimum absolute atomic E-state index is 0.430. The van der Waals surface area contributed by atoms with E-state index < -0.39 is 7.12 Å². The van der Waals surface area contributed by atoms with Gasteiger partial charge < -0.3 is 14.8 Å². The van der Waals surface area contributed by atoms with Gasteiger partial charge in [-0.3, -0.25) is 4.98 Å². The van der Waals surface area contributed by atoms with Gasteiger partial charge in [0.25, 0.3) is 0 Å². The van der Waals surface area contributed by atoms with E-state index in [2.05, 4.69) is 4.98 Å².